The molecule has 1 amide bonds. The third-order valence-corrected chi connectivity index (χ3v) is 6.37. The van der Waals surface area contributed by atoms with E-state index in [0.717, 1.165) is 49.8 Å². The Morgan fingerprint density at radius 2 is 1.77 bits per heavy atom. The summed E-state index contributed by atoms with van der Waals surface area (Å²) >= 11 is 0. The standard InChI is InChI=1S/C24H31N5O/c1-17-23(18(2)27(4)26-17)25-24(30)19(3)29-14-12-28(13-15-29)16-21-10-7-9-20-8-5-6-11-22(20)21/h5-11,19H,12-16H2,1-4H3,(H,25,30)/t19-/m1/s1. The SMILES string of the molecule is Cc1nn(C)c(C)c1NC(=O)[C@@H](C)N1CCN(Cc2cccc3ccccc23)CC1. The summed E-state index contributed by atoms with van der Waals surface area (Å²) in [6.07, 6.45) is 0. The highest BCUT2D eigenvalue weighted by molar-refractivity contribution is 5.95. The van der Waals surface area contributed by atoms with Gasteiger partial charge in [-0.3, -0.25) is 19.3 Å². The lowest BCUT2D eigenvalue weighted by Gasteiger charge is -2.37. The normalized spacial score (nSPS) is 16.7. The van der Waals surface area contributed by atoms with E-state index in [1.807, 2.05) is 32.5 Å². The third-order valence-electron chi connectivity index (χ3n) is 6.37. The predicted octanol–water partition coefficient (Wildman–Crippen LogP) is 3.33. The number of anilines is 1. The van der Waals surface area contributed by atoms with E-state index in [-0.39, 0.29) is 11.9 Å². The van der Waals surface area contributed by atoms with Crippen molar-refractivity contribution in [1.82, 2.24) is 19.6 Å². The van der Waals surface area contributed by atoms with Gasteiger partial charge < -0.3 is 5.32 Å². The van der Waals surface area contributed by atoms with Crippen LogP contribution in [0.4, 0.5) is 5.69 Å². The first-order chi connectivity index (χ1) is 14.4. The number of carbonyl (C=O) groups is 1. The molecule has 4 rings (SSSR count). The van der Waals surface area contributed by atoms with Crippen LogP contribution in [0.15, 0.2) is 42.5 Å². The molecule has 1 N–H and O–H groups in total. The number of hydrogen-bond acceptors (Lipinski definition) is 4. The van der Waals surface area contributed by atoms with E-state index >= 15 is 0 Å². The molecule has 1 fully saturated rings. The van der Waals surface area contributed by atoms with Crippen molar-refractivity contribution in [2.75, 3.05) is 31.5 Å². The molecule has 30 heavy (non-hydrogen) atoms. The fourth-order valence-electron chi connectivity index (χ4n) is 4.33. The second-order valence-electron chi connectivity index (χ2n) is 8.29. The fourth-order valence-corrected chi connectivity index (χ4v) is 4.33. The van der Waals surface area contributed by atoms with E-state index in [2.05, 4.69) is 62.7 Å². The predicted molar refractivity (Wildman–Crippen MR) is 122 cm³/mol. The molecule has 1 aliphatic heterocycles. The molecule has 0 bridgehead atoms. The minimum Gasteiger partial charge on any atom is -0.322 e. The van der Waals surface area contributed by atoms with Gasteiger partial charge in [0.15, 0.2) is 0 Å². The largest absolute Gasteiger partial charge is 0.322 e. The number of hydrogen-bond donors (Lipinski definition) is 1. The van der Waals surface area contributed by atoms with Crippen molar-refractivity contribution >= 4 is 22.4 Å². The van der Waals surface area contributed by atoms with Gasteiger partial charge in [-0.25, -0.2) is 0 Å². The van der Waals surface area contributed by atoms with Gasteiger partial charge in [0.1, 0.15) is 0 Å². The van der Waals surface area contributed by atoms with Gasteiger partial charge in [-0.1, -0.05) is 42.5 Å². The second-order valence-corrected chi connectivity index (χ2v) is 8.29. The first-order valence-corrected chi connectivity index (χ1v) is 10.7. The van der Waals surface area contributed by atoms with Crippen molar-refractivity contribution < 1.29 is 4.79 Å². The van der Waals surface area contributed by atoms with Gasteiger partial charge in [-0.2, -0.15) is 5.10 Å². The van der Waals surface area contributed by atoms with E-state index in [1.54, 1.807) is 0 Å². The molecule has 1 aliphatic rings. The quantitative estimate of drug-likeness (QED) is 0.707. The van der Waals surface area contributed by atoms with E-state index in [1.165, 1.54) is 16.3 Å². The number of fused-ring (bicyclic) bond motifs is 1. The molecule has 2 heterocycles. The zero-order valence-corrected chi connectivity index (χ0v) is 18.4. The summed E-state index contributed by atoms with van der Waals surface area (Å²) in [6, 6.07) is 14.9. The smallest absolute Gasteiger partial charge is 0.241 e. The Morgan fingerprint density at radius 3 is 2.47 bits per heavy atom. The number of amides is 1. The number of aryl methyl sites for hydroxylation is 2. The van der Waals surface area contributed by atoms with E-state index in [9.17, 15) is 4.79 Å². The lowest BCUT2D eigenvalue weighted by molar-refractivity contribution is -0.121. The molecule has 0 unspecified atom stereocenters. The van der Waals surface area contributed by atoms with Crippen LogP contribution in [-0.2, 0) is 18.4 Å². The molecule has 158 valence electrons. The molecule has 6 nitrogen and oxygen atoms in total. The van der Waals surface area contributed by atoms with Gasteiger partial charge in [0.05, 0.1) is 23.1 Å². The second kappa shape index (κ2) is 8.58. The number of piperazine rings is 1. The number of carbonyl (C=O) groups excluding carboxylic acids is 1. The van der Waals surface area contributed by atoms with Gasteiger partial charge in [-0.05, 0) is 37.1 Å². The minimum absolute atomic E-state index is 0.0386. The maximum atomic E-state index is 12.8. The lowest BCUT2D eigenvalue weighted by atomic mass is 10.0. The Labute approximate surface area is 178 Å². The topological polar surface area (TPSA) is 53.4 Å². The number of nitrogens with zero attached hydrogens (tertiary/aromatic N) is 4. The molecule has 6 heteroatoms. The van der Waals surface area contributed by atoms with Gasteiger partial charge in [0, 0.05) is 39.8 Å². The maximum Gasteiger partial charge on any atom is 0.241 e. The van der Waals surface area contributed by atoms with E-state index in [0.29, 0.717) is 0 Å². The molecule has 2 aromatic carbocycles. The van der Waals surface area contributed by atoms with E-state index < -0.39 is 0 Å². The van der Waals surface area contributed by atoms with Gasteiger partial charge in [-0.15, -0.1) is 0 Å². The molecule has 1 saturated heterocycles. The van der Waals surface area contributed by atoms with Crippen LogP contribution in [0.1, 0.15) is 23.9 Å². The molecule has 1 aromatic heterocycles. The highest BCUT2D eigenvalue weighted by Gasteiger charge is 2.27. The van der Waals surface area contributed by atoms with Crippen LogP contribution in [0.2, 0.25) is 0 Å². The van der Waals surface area contributed by atoms with Gasteiger partial charge in [0.2, 0.25) is 5.91 Å². The van der Waals surface area contributed by atoms with Crippen molar-refractivity contribution in [2.45, 2.75) is 33.4 Å². The first kappa shape index (κ1) is 20.6. The summed E-state index contributed by atoms with van der Waals surface area (Å²) in [7, 11) is 1.90. The Bertz CT molecular complexity index is 1040. The maximum absolute atomic E-state index is 12.8. The van der Waals surface area contributed by atoms with Crippen LogP contribution >= 0.6 is 0 Å². The van der Waals surface area contributed by atoms with E-state index in [4.69, 9.17) is 0 Å². The van der Waals surface area contributed by atoms with Crippen molar-refractivity contribution in [2.24, 2.45) is 7.05 Å². The number of nitrogens with one attached hydrogen (secondary N) is 1. The minimum atomic E-state index is -0.163. The monoisotopic (exact) mass is 405 g/mol. The molecular formula is C24H31N5O. The summed E-state index contributed by atoms with van der Waals surface area (Å²) in [5.41, 5.74) is 4.04. The van der Waals surface area contributed by atoms with Crippen molar-refractivity contribution in [3.63, 3.8) is 0 Å². The Balaban J connectivity index is 1.35. The average Bonchev–Trinajstić information content (AvgIpc) is 3.00. The number of aromatic nitrogens is 2. The molecule has 0 spiro atoms. The Kier molecular flexibility index (Phi) is 5.88. The first-order valence-electron chi connectivity index (χ1n) is 10.7. The summed E-state index contributed by atoms with van der Waals surface area (Å²) in [4.78, 5) is 17.6. The van der Waals surface area contributed by atoms with Crippen molar-refractivity contribution in [1.29, 1.82) is 0 Å². The van der Waals surface area contributed by atoms with Crippen molar-refractivity contribution in [3.05, 3.63) is 59.4 Å². The van der Waals surface area contributed by atoms with Crippen LogP contribution in [-0.4, -0.2) is 57.7 Å². The van der Waals surface area contributed by atoms with Gasteiger partial charge >= 0.3 is 0 Å². The highest BCUT2D eigenvalue weighted by atomic mass is 16.2. The molecular weight excluding hydrogens is 374 g/mol. The summed E-state index contributed by atoms with van der Waals surface area (Å²) in [6.45, 7) is 10.6. The van der Waals surface area contributed by atoms with Crippen LogP contribution in [0.3, 0.4) is 0 Å². The molecule has 0 saturated carbocycles. The highest BCUT2D eigenvalue weighted by Crippen LogP contribution is 2.22. The van der Waals surface area contributed by atoms with Crippen LogP contribution in [0, 0.1) is 13.8 Å². The summed E-state index contributed by atoms with van der Waals surface area (Å²) < 4.78 is 1.81. The summed E-state index contributed by atoms with van der Waals surface area (Å²) in [5.74, 6) is 0.0386. The van der Waals surface area contributed by atoms with Crippen LogP contribution in [0.25, 0.3) is 10.8 Å². The zero-order valence-electron chi connectivity index (χ0n) is 18.4. The van der Waals surface area contributed by atoms with Crippen molar-refractivity contribution in [3.8, 4) is 0 Å². The summed E-state index contributed by atoms with van der Waals surface area (Å²) in [5, 5.41) is 10.1. The zero-order chi connectivity index (χ0) is 21.3. The Morgan fingerprint density at radius 1 is 1.07 bits per heavy atom. The number of rotatable bonds is 5. The third kappa shape index (κ3) is 4.11. The molecule has 0 radical (unpaired) electrons. The number of benzene rings is 2. The molecule has 1 atom stereocenters. The Hall–Kier alpha value is -2.70. The fraction of sp³-hybridized carbons (Fsp3) is 0.417. The van der Waals surface area contributed by atoms with Crippen LogP contribution in [0.5, 0.6) is 0 Å². The van der Waals surface area contributed by atoms with Gasteiger partial charge in [0.25, 0.3) is 0 Å². The average molecular weight is 406 g/mol. The molecule has 0 aliphatic carbocycles. The molecule has 3 aromatic rings. The van der Waals surface area contributed by atoms with Crippen LogP contribution < -0.4 is 5.32 Å². The lowest BCUT2D eigenvalue weighted by Crippen LogP contribution is -2.52.